The number of benzene rings is 7. The third-order valence-electron chi connectivity index (χ3n) is 9.19. The van der Waals surface area contributed by atoms with Gasteiger partial charge in [-0.3, -0.25) is 0 Å². The maximum Gasteiger partial charge on any atom is 0.161 e. The molecule has 3 aromatic heterocycles. The standard InChI is InChI=1S/C42H25N3S/c1-2-12-27(13-3-1)40-31-15-6-8-19-35(31)43-42(44-40)33-18-10-17-30-34-25-28(22-24-38(34)46-41(30)33)45-36-20-9-7-16-32(36)39-29-14-5-4-11-26(29)21-23-37(39)45/h1-25H. The van der Waals surface area contributed by atoms with Gasteiger partial charge in [0.2, 0.25) is 0 Å². The molecular weight excluding hydrogens is 579 g/mol. The van der Waals surface area contributed by atoms with Crippen molar-refractivity contribution in [2.24, 2.45) is 0 Å². The van der Waals surface area contributed by atoms with Crippen molar-refractivity contribution < 1.29 is 0 Å². The predicted octanol–water partition coefficient (Wildman–Crippen LogP) is 11.6. The fourth-order valence-corrected chi connectivity index (χ4v) is 8.32. The molecule has 0 fully saturated rings. The second-order valence-electron chi connectivity index (χ2n) is 11.8. The molecule has 0 aliphatic heterocycles. The van der Waals surface area contributed by atoms with Gasteiger partial charge in [0.05, 0.1) is 22.2 Å². The molecule has 10 rings (SSSR count). The van der Waals surface area contributed by atoms with E-state index < -0.39 is 0 Å². The molecule has 0 amide bonds. The highest BCUT2D eigenvalue weighted by atomic mass is 32.1. The monoisotopic (exact) mass is 603 g/mol. The van der Waals surface area contributed by atoms with Gasteiger partial charge in [-0.25, -0.2) is 9.97 Å². The summed E-state index contributed by atoms with van der Waals surface area (Å²) in [7, 11) is 0. The van der Waals surface area contributed by atoms with Crippen molar-refractivity contribution in [3.05, 3.63) is 152 Å². The average Bonchev–Trinajstić information content (AvgIpc) is 3.67. The maximum absolute atomic E-state index is 5.20. The zero-order chi connectivity index (χ0) is 30.2. The van der Waals surface area contributed by atoms with Crippen molar-refractivity contribution in [1.82, 2.24) is 14.5 Å². The molecule has 0 saturated carbocycles. The molecule has 0 spiro atoms. The first-order valence-electron chi connectivity index (χ1n) is 15.5. The van der Waals surface area contributed by atoms with Crippen LogP contribution < -0.4 is 0 Å². The summed E-state index contributed by atoms with van der Waals surface area (Å²) in [4.78, 5) is 10.3. The summed E-state index contributed by atoms with van der Waals surface area (Å²) < 4.78 is 4.88. The van der Waals surface area contributed by atoms with Crippen molar-refractivity contribution >= 4 is 75.0 Å². The molecule has 0 N–H and O–H groups in total. The number of thiophene rings is 1. The summed E-state index contributed by atoms with van der Waals surface area (Å²) in [5.74, 6) is 0.754. The summed E-state index contributed by atoms with van der Waals surface area (Å²) >= 11 is 1.82. The number of para-hydroxylation sites is 2. The van der Waals surface area contributed by atoms with Crippen LogP contribution in [0.25, 0.3) is 92.0 Å². The van der Waals surface area contributed by atoms with Crippen molar-refractivity contribution in [2.75, 3.05) is 0 Å². The van der Waals surface area contributed by atoms with E-state index in [-0.39, 0.29) is 0 Å². The quantitative estimate of drug-likeness (QED) is 0.201. The van der Waals surface area contributed by atoms with Gasteiger partial charge in [0.15, 0.2) is 5.82 Å². The highest BCUT2D eigenvalue weighted by molar-refractivity contribution is 7.26. The molecular formula is C42H25N3S. The molecule has 46 heavy (non-hydrogen) atoms. The van der Waals surface area contributed by atoms with Gasteiger partial charge in [0, 0.05) is 53.1 Å². The lowest BCUT2D eigenvalue weighted by molar-refractivity contribution is 1.19. The van der Waals surface area contributed by atoms with Gasteiger partial charge < -0.3 is 4.57 Å². The SMILES string of the molecule is c1ccc(-c2nc(-c3cccc4c3sc3ccc(-n5c6ccccc6c6c7ccccc7ccc65)cc34)nc3ccccc23)cc1. The van der Waals surface area contributed by atoms with Crippen LogP contribution in [0.1, 0.15) is 0 Å². The minimum atomic E-state index is 0.754. The Balaban J connectivity index is 1.21. The lowest BCUT2D eigenvalue weighted by Gasteiger charge is -2.10. The van der Waals surface area contributed by atoms with Crippen LogP contribution in [0, 0.1) is 0 Å². The second kappa shape index (κ2) is 9.83. The number of hydrogen-bond donors (Lipinski definition) is 0. The summed E-state index contributed by atoms with van der Waals surface area (Å²) in [6, 6.07) is 54.1. The molecule has 214 valence electrons. The molecule has 7 aromatic carbocycles. The fourth-order valence-electron chi connectivity index (χ4n) is 7.13. The number of rotatable bonds is 3. The van der Waals surface area contributed by atoms with E-state index in [2.05, 4.69) is 144 Å². The van der Waals surface area contributed by atoms with Crippen molar-refractivity contribution in [1.29, 1.82) is 0 Å². The predicted molar refractivity (Wildman–Crippen MR) is 195 cm³/mol. The lowest BCUT2D eigenvalue weighted by atomic mass is 10.0. The Bertz CT molecular complexity index is 2810. The van der Waals surface area contributed by atoms with Gasteiger partial charge in [0.1, 0.15) is 0 Å². The Hall–Kier alpha value is -5.84. The van der Waals surface area contributed by atoms with Gasteiger partial charge >= 0.3 is 0 Å². The van der Waals surface area contributed by atoms with E-state index in [9.17, 15) is 0 Å². The van der Waals surface area contributed by atoms with E-state index in [0.29, 0.717) is 0 Å². The number of aromatic nitrogens is 3. The van der Waals surface area contributed by atoms with Gasteiger partial charge in [-0.05, 0) is 53.2 Å². The third kappa shape index (κ3) is 3.71. The Labute approximate surface area is 268 Å². The normalized spacial score (nSPS) is 11.9. The molecule has 0 aliphatic rings. The van der Waals surface area contributed by atoms with E-state index >= 15 is 0 Å². The minimum Gasteiger partial charge on any atom is -0.309 e. The summed E-state index contributed by atoms with van der Waals surface area (Å²) in [5, 5.41) is 8.65. The first kappa shape index (κ1) is 25.5. The van der Waals surface area contributed by atoms with E-state index in [1.54, 1.807) is 0 Å². The number of fused-ring (bicyclic) bond motifs is 9. The zero-order valence-corrected chi connectivity index (χ0v) is 25.5. The highest BCUT2D eigenvalue weighted by Crippen LogP contribution is 2.42. The van der Waals surface area contributed by atoms with Crippen molar-refractivity contribution in [3.63, 3.8) is 0 Å². The van der Waals surface area contributed by atoms with Crippen LogP contribution in [0.3, 0.4) is 0 Å². The van der Waals surface area contributed by atoms with Crippen molar-refractivity contribution in [2.45, 2.75) is 0 Å². The minimum absolute atomic E-state index is 0.754. The van der Waals surface area contributed by atoms with Crippen LogP contribution in [0.4, 0.5) is 0 Å². The Morgan fingerprint density at radius 3 is 2.17 bits per heavy atom. The molecule has 3 heterocycles. The van der Waals surface area contributed by atoms with Gasteiger partial charge in [-0.15, -0.1) is 11.3 Å². The lowest BCUT2D eigenvalue weighted by Crippen LogP contribution is -1.95. The Morgan fingerprint density at radius 1 is 0.500 bits per heavy atom. The molecule has 0 unspecified atom stereocenters. The van der Waals surface area contributed by atoms with Crippen LogP contribution in [0.5, 0.6) is 0 Å². The molecule has 0 aliphatic carbocycles. The third-order valence-corrected chi connectivity index (χ3v) is 10.4. The van der Waals surface area contributed by atoms with Crippen LogP contribution in [0.15, 0.2) is 152 Å². The first-order chi connectivity index (χ1) is 22.8. The molecule has 10 aromatic rings. The molecule has 0 saturated heterocycles. The van der Waals surface area contributed by atoms with Crippen LogP contribution in [0.2, 0.25) is 0 Å². The van der Waals surface area contributed by atoms with Gasteiger partial charge in [-0.2, -0.15) is 0 Å². The molecule has 3 nitrogen and oxygen atoms in total. The van der Waals surface area contributed by atoms with Crippen LogP contribution in [-0.2, 0) is 0 Å². The Kier molecular flexibility index (Phi) is 5.45. The summed E-state index contributed by atoms with van der Waals surface area (Å²) in [5.41, 5.74) is 7.66. The van der Waals surface area contributed by atoms with Crippen molar-refractivity contribution in [3.8, 4) is 28.3 Å². The average molecular weight is 604 g/mol. The smallest absolute Gasteiger partial charge is 0.161 e. The second-order valence-corrected chi connectivity index (χ2v) is 12.8. The fraction of sp³-hybridized carbons (Fsp3) is 0. The molecule has 0 radical (unpaired) electrons. The zero-order valence-electron chi connectivity index (χ0n) is 24.7. The molecule has 4 heteroatoms. The highest BCUT2D eigenvalue weighted by Gasteiger charge is 2.18. The maximum atomic E-state index is 5.20. The topological polar surface area (TPSA) is 30.7 Å². The van der Waals surface area contributed by atoms with Gasteiger partial charge in [0.25, 0.3) is 0 Å². The van der Waals surface area contributed by atoms with Crippen LogP contribution >= 0.6 is 11.3 Å². The van der Waals surface area contributed by atoms with E-state index in [1.165, 1.54) is 52.8 Å². The van der Waals surface area contributed by atoms with Gasteiger partial charge in [-0.1, -0.05) is 109 Å². The summed E-state index contributed by atoms with van der Waals surface area (Å²) in [6.07, 6.45) is 0. The molecule has 0 atom stereocenters. The largest absolute Gasteiger partial charge is 0.309 e. The van der Waals surface area contributed by atoms with E-state index in [4.69, 9.17) is 9.97 Å². The number of hydrogen-bond acceptors (Lipinski definition) is 3. The number of nitrogens with zero attached hydrogens (tertiary/aromatic N) is 3. The first-order valence-corrected chi connectivity index (χ1v) is 16.3. The van der Waals surface area contributed by atoms with E-state index in [0.717, 1.165) is 39.2 Å². The van der Waals surface area contributed by atoms with E-state index in [1.807, 2.05) is 23.5 Å². The van der Waals surface area contributed by atoms with Crippen LogP contribution in [-0.4, -0.2) is 14.5 Å². The Morgan fingerprint density at radius 2 is 1.26 bits per heavy atom. The molecule has 0 bridgehead atoms. The summed E-state index contributed by atoms with van der Waals surface area (Å²) in [6.45, 7) is 0.